The van der Waals surface area contributed by atoms with Crippen LogP contribution in [0.1, 0.15) is 23.9 Å². The molecule has 1 N–H and O–H groups in total. The van der Waals surface area contributed by atoms with Crippen molar-refractivity contribution in [2.75, 3.05) is 0 Å². The van der Waals surface area contributed by atoms with Gasteiger partial charge in [0, 0.05) is 0 Å². The minimum atomic E-state index is -0.438. The standard InChI is InChI=1S/C19H22N2O2/c1-13-7-6-10-18(15(13)3)23-12-19-20-16-8-4-5-9-17(16)21(19)11-14(2)22/h4-10,14,22H,11-12H2,1-3H3. The summed E-state index contributed by atoms with van der Waals surface area (Å²) in [5.41, 5.74) is 4.30. The number of benzene rings is 2. The van der Waals surface area contributed by atoms with Crippen molar-refractivity contribution in [1.29, 1.82) is 0 Å². The summed E-state index contributed by atoms with van der Waals surface area (Å²) in [5, 5.41) is 9.78. The van der Waals surface area contributed by atoms with Crippen LogP contribution in [0.15, 0.2) is 42.5 Å². The number of imidazole rings is 1. The summed E-state index contributed by atoms with van der Waals surface area (Å²) in [6.45, 7) is 6.80. The van der Waals surface area contributed by atoms with E-state index < -0.39 is 6.10 Å². The van der Waals surface area contributed by atoms with E-state index in [0.29, 0.717) is 13.2 Å². The van der Waals surface area contributed by atoms with E-state index in [4.69, 9.17) is 4.74 Å². The Labute approximate surface area is 136 Å². The highest BCUT2D eigenvalue weighted by molar-refractivity contribution is 5.75. The number of nitrogens with zero attached hydrogens (tertiary/aromatic N) is 2. The molecular formula is C19H22N2O2. The van der Waals surface area contributed by atoms with Crippen LogP contribution < -0.4 is 4.74 Å². The van der Waals surface area contributed by atoms with Gasteiger partial charge in [-0.1, -0.05) is 24.3 Å². The van der Waals surface area contributed by atoms with Gasteiger partial charge in [0.1, 0.15) is 18.2 Å². The van der Waals surface area contributed by atoms with Crippen molar-refractivity contribution in [2.45, 2.75) is 40.0 Å². The molecule has 4 nitrogen and oxygen atoms in total. The highest BCUT2D eigenvalue weighted by atomic mass is 16.5. The maximum Gasteiger partial charge on any atom is 0.148 e. The molecule has 0 bridgehead atoms. The molecule has 23 heavy (non-hydrogen) atoms. The fourth-order valence-corrected chi connectivity index (χ4v) is 2.73. The summed E-state index contributed by atoms with van der Waals surface area (Å²) in [5.74, 6) is 1.70. The molecule has 3 rings (SSSR count). The van der Waals surface area contributed by atoms with Crippen LogP contribution in [0.25, 0.3) is 11.0 Å². The lowest BCUT2D eigenvalue weighted by atomic mass is 10.1. The maximum absolute atomic E-state index is 9.78. The average molecular weight is 310 g/mol. The van der Waals surface area contributed by atoms with Crippen molar-refractivity contribution >= 4 is 11.0 Å². The molecule has 0 aliphatic carbocycles. The number of hydrogen-bond acceptors (Lipinski definition) is 3. The number of hydrogen-bond donors (Lipinski definition) is 1. The molecule has 0 spiro atoms. The van der Waals surface area contributed by atoms with E-state index in [-0.39, 0.29) is 0 Å². The minimum absolute atomic E-state index is 0.381. The minimum Gasteiger partial charge on any atom is -0.485 e. The van der Waals surface area contributed by atoms with Gasteiger partial charge in [-0.05, 0) is 50.1 Å². The van der Waals surface area contributed by atoms with E-state index in [0.717, 1.165) is 28.2 Å². The van der Waals surface area contributed by atoms with Crippen molar-refractivity contribution in [3.63, 3.8) is 0 Å². The molecular weight excluding hydrogens is 288 g/mol. The van der Waals surface area contributed by atoms with Gasteiger partial charge in [0.05, 0.1) is 23.7 Å². The third-order valence-corrected chi connectivity index (χ3v) is 4.09. The Morgan fingerprint density at radius 3 is 2.70 bits per heavy atom. The zero-order valence-corrected chi connectivity index (χ0v) is 13.8. The third-order valence-electron chi connectivity index (χ3n) is 4.09. The summed E-state index contributed by atoms with van der Waals surface area (Å²) in [4.78, 5) is 4.66. The van der Waals surface area contributed by atoms with Crippen LogP contribution >= 0.6 is 0 Å². The Kier molecular flexibility index (Phi) is 4.35. The predicted molar refractivity (Wildman–Crippen MR) is 91.7 cm³/mol. The number of fused-ring (bicyclic) bond motifs is 1. The van der Waals surface area contributed by atoms with Crippen LogP contribution in [-0.4, -0.2) is 20.8 Å². The lowest BCUT2D eigenvalue weighted by molar-refractivity contribution is 0.171. The number of aliphatic hydroxyl groups is 1. The normalized spacial score (nSPS) is 12.5. The molecule has 0 aliphatic heterocycles. The van der Waals surface area contributed by atoms with Gasteiger partial charge in [0.15, 0.2) is 0 Å². The van der Waals surface area contributed by atoms with Gasteiger partial charge in [0.25, 0.3) is 0 Å². The maximum atomic E-state index is 9.78. The predicted octanol–water partition coefficient (Wildman–Crippen LogP) is 3.61. The SMILES string of the molecule is Cc1cccc(OCc2nc3ccccc3n2CC(C)O)c1C. The fraction of sp³-hybridized carbons (Fsp3) is 0.316. The second-order valence-corrected chi connectivity index (χ2v) is 5.96. The van der Waals surface area contributed by atoms with Gasteiger partial charge < -0.3 is 14.4 Å². The number of aromatic nitrogens is 2. The van der Waals surface area contributed by atoms with E-state index in [1.165, 1.54) is 5.56 Å². The first-order chi connectivity index (χ1) is 11.1. The van der Waals surface area contributed by atoms with Crippen LogP contribution in [0.3, 0.4) is 0 Å². The summed E-state index contributed by atoms with van der Waals surface area (Å²) in [6, 6.07) is 14.0. The summed E-state index contributed by atoms with van der Waals surface area (Å²) >= 11 is 0. The molecule has 1 unspecified atom stereocenters. The summed E-state index contributed by atoms with van der Waals surface area (Å²) in [6.07, 6.45) is -0.438. The Morgan fingerprint density at radius 1 is 1.13 bits per heavy atom. The van der Waals surface area contributed by atoms with Gasteiger partial charge in [-0.15, -0.1) is 0 Å². The van der Waals surface area contributed by atoms with Gasteiger partial charge in [-0.3, -0.25) is 0 Å². The van der Waals surface area contributed by atoms with Crippen LogP contribution in [-0.2, 0) is 13.2 Å². The molecule has 0 saturated carbocycles. The first-order valence-corrected chi connectivity index (χ1v) is 7.87. The molecule has 2 aromatic carbocycles. The van der Waals surface area contributed by atoms with Crippen molar-refractivity contribution in [1.82, 2.24) is 9.55 Å². The first kappa shape index (κ1) is 15.6. The number of aryl methyl sites for hydroxylation is 1. The van der Waals surface area contributed by atoms with Crippen LogP contribution in [0.5, 0.6) is 5.75 Å². The molecule has 1 atom stereocenters. The average Bonchev–Trinajstić information content (AvgIpc) is 2.86. The Bertz CT molecular complexity index is 821. The number of aliphatic hydroxyl groups excluding tert-OH is 1. The van der Waals surface area contributed by atoms with Gasteiger partial charge in [0.2, 0.25) is 0 Å². The lowest BCUT2D eigenvalue weighted by Crippen LogP contribution is -2.15. The Hall–Kier alpha value is -2.33. The molecule has 0 aliphatic rings. The molecule has 4 heteroatoms. The Morgan fingerprint density at radius 2 is 1.91 bits per heavy atom. The van der Waals surface area contributed by atoms with Gasteiger partial charge >= 0.3 is 0 Å². The second-order valence-electron chi connectivity index (χ2n) is 5.96. The van der Waals surface area contributed by atoms with Gasteiger partial charge in [-0.2, -0.15) is 0 Å². The summed E-state index contributed by atoms with van der Waals surface area (Å²) in [7, 11) is 0. The molecule has 0 fully saturated rings. The van der Waals surface area contributed by atoms with Crippen LogP contribution in [0.4, 0.5) is 0 Å². The number of ether oxygens (including phenoxy) is 1. The highest BCUT2D eigenvalue weighted by Gasteiger charge is 2.13. The van der Waals surface area contributed by atoms with E-state index in [2.05, 4.69) is 24.9 Å². The van der Waals surface area contributed by atoms with Gasteiger partial charge in [-0.25, -0.2) is 4.98 Å². The van der Waals surface area contributed by atoms with Crippen molar-refractivity contribution in [3.8, 4) is 5.75 Å². The molecule has 1 aromatic heterocycles. The smallest absolute Gasteiger partial charge is 0.148 e. The summed E-state index contributed by atoms with van der Waals surface area (Å²) < 4.78 is 8.02. The molecule has 1 heterocycles. The molecule has 0 amide bonds. The van der Waals surface area contributed by atoms with Crippen molar-refractivity contribution in [2.24, 2.45) is 0 Å². The molecule has 0 radical (unpaired) electrons. The monoisotopic (exact) mass is 310 g/mol. The third kappa shape index (κ3) is 3.22. The highest BCUT2D eigenvalue weighted by Crippen LogP contribution is 2.23. The fourth-order valence-electron chi connectivity index (χ4n) is 2.73. The van der Waals surface area contributed by atoms with E-state index >= 15 is 0 Å². The first-order valence-electron chi connectivity index (χ1n) is 7.87. The zero-order valence-electron chi connectivity index (χ0n) is 13.8. The van der Waals surface area contributed by atoms with Crippen LogP contribution in [0.2, 0.25) is 0 Å². The van der Waals surface area contributed by atoms with Crippen molar-refractivity contribution < 1.29 is 9.84 Å². The molecule has 3 aromatic rings. The quantitative estimate of drug-likeness (QED) is 0.783. The molecule has 120 valence electrons. The topological polar surface area (TPSA) is 47.3 Å². The van der Waals surface area contributed by atoms with Crippen LogP contribution in [0, 0.1) is 13.8 Å². The largest absolute Gasteiger partial charge is 0.485 e. The lowest BCUT2D eigenvalue weighted by Gasteiger charge is -2.13. The number of rotatable bonds is 5. The Balaban J connectivity index is 1.91. The second kappa shape index (κ2) is 6.42. The van der Waals surface area contributed by atoms with Crippen molar-refractivity contribution in [3.05, 3.63) is 59.4 Å². The van der Waals surface area contributed by atoms with E-state index in [1.54, 1.807) is 6.92 Å². The number of para-hydroxylation sites is 2. The van der Waals surface area contributed by atoms with E-state index in [1.807, 2.05) is 41.0 Å². The zero-order chi connectivity index (χ0) is 16.4. The molecule has 0 saturated heterocycles. The van der Waals surface area contributed by atoms with E-state index in [9.17, 15) is 5.11 Å².